The van der Waals surface area contributed by atoms with E-state index in [9.17, 15) is 10.2 Å². The van der Waals surface area contributed by atoms with E-state index in [0.29, 0.717) is 29.7 Å². The van der Waals surface area contributed by atoms with E-state index in [0.717, 1.165) is 35.1 Å². The molecule has 4 unspecified atom stereocenters. The van der Waals surface area contributed by atoms with Crippen LogP contribution in [-0.2, 0) is 0 Å². The van der Waals surface area contributed by atoms with Crippen LogP contribution in [0.2, 0.25) is 5.02 Å². The third-order valence-corrected chi connectivity index (χ3v) is 6.52. The standard InChI is InChI=1S/C23H29ClO4/c1-3-16(25)11-27-22-18-8-7-15(24)10-19(18)23(28-12-17(26)4-2)21-14-6-5-13(9-14)20(21)22/h7-8,10,13-14,16-17,25-26H,3-6,9,11-12H2,1-2H3. The molecular weight excluding hydrogens is 376 g/mol. The smallest absolute Gasteiger partial charge is 0.131 e. The van der Waals surface area contributed by atoms with Crippen molar-refractivity contribution in [3.63, 3.8) is 0 Å². The third kappa shape index (κ3) is 3.47. The third-order valence-electron chi connectivity index (χ3n) is 6.28. The molecule has 2 aliphatic carbocycles. The van der Waals surface area contributed by atoms with Crippen LogP contribution in [0.4, 0.5) is 0 Å². The van der Waals surface area contributed by atoms with Gasteiger partial charge in [-0.3, -0.25) is 0 Å². The van der Waals surface area contributed by atoms with Crippen molar-refractivity contribution < 1.29 is 19.7 Å². The Bertz CT molecular complexity index is 866. The Morgan fingerprint density at radius 1 is 0.929 bits per heavy atom. The Hall–Kier alpha value is -1.49. The summed E-state index contributed by atoms with van der Waals surface area (Å²) < 4.78 is 12.4. The van der Waals surface area contributed by atoms with Crippen molar-refractivity contribution >= 4 is 22.4 Å². The molecule has 0 spiro atoms. The molecule has 4 rings (SSSR count). The van der Waals surface area contributed by atoms with Crippen LogP contribution in [0, 0.1) is 0 Å². The number of hydrogen-bond acceptors (Lipinski definition) is 4. The van der Waals surface area contributed by atoms with Gasteiger partial charge in [0.1, 0.15) is 24.7 Å². The minimum atomic E-state index is -0.487. The number of benzene rings is 2. The summed E-state index contributed by atoms with van der Waals surface area (Å²) in [5, 5.41) is 22.6. The van der Waals surface area contributed by atoms with Crippen LogP contribution in [0.1, 0.15) is 68.9 Å². The van der Waals surface area contributed by atoms with E-state index in [-0.39, 0.29) is 13.2 Å². The zero-order valence-electron chi connectivity index (χ0n) is 16.6. The second-order valence-electron chi connectivity index (χ2n) is 8.13. The number of rotatable bonds is 8. The van der Waals surface area contributed by atoms with Gasteiger partial charge >= 0.3 is 0 Å². The van der Waals surface area contributed by atoms with Crippen LogP contribution < -0.4 is 9.47 Å². The van der Waals surface area contributed by atoms with E-state index in [1.54, 1.807) is 0 Å². The van der Waals surface area contributed by atoms with E-state index in [1.165, 1.54) is 17.5 Å². The normalized spacial score (nSPS) is 22.3. The first-order valence-corrected chi connectivity index (χ1v) is 10.8. The summed E-state index contributed by atoms with van der Waals surface area (Å²) in [4.78, 5) is 0. The molecular formula is C23H29ClO4. The fourth-order valence-electron chi connectivity index (χ4n) is 4.66. The number of aliphatic hydroxyl groups is 2. The quantitative estimate of drug-likeness (QED) is 0.638. The van der Waals surface area contributed by atoms with Crippen LogP contribution in [0.5, 0.6) is 11.5 Å². The molecule has 2 N–H and O–H groups in total. The van der Waals surface area contributed by atoms with Gasteiger partial charge in [0.15, 0.2) is 0 Å². The summed E-state index contributed by atoms with van der Waals surface area (Å²) in [6, 6.07) is 5.79. The van der Waals surface area contributed by atoms with Gasteiger partial charge < -0.3 is 19.7 Å². The molecule has 0 radical (unpaired) electrons. The molecule has 2 aromatic carbocycles. The summed E-state index contributed by atoms with van der Waals surface area (Å²) in [7, 11) is 0. The van der Waals surface area contributed by atoms with Crippen molar-refractivity contribution in [3.8, 4) is 11.5 Å². The second kappa shape index (κ2) is 8.10. The summed E-state index contributed by atoms with van der Waals surface area (Å²) in [6.07, 6.45) is 3.80. The van der Waals surface area contributed by atoms with Crippen LogP contribution in [0.15, 0.2) is 18.2 Å². The maximum atomic E-state index is 10.0. The van der Waals surface area contributed by atoms with E-state index in [4.69, 9.17) is 21.1 Å². The molecule has 28 heavy (non-hydrogen) atoms. The Labute approximate surface area is 171 Å². The lowest BCUT2D eigenvalue weighted by molar-refractivity contribution is 0.102. The van der Waals surface area contributed by atoms with Crippen molar-refractivity contribution in [2.45, 2.75) is 70.0 Å². The van der Waals surface area contributed by atoms with Gasteiger partial charge in [-0.2, -0.15) is 0 Å². The molecule has 4 nitrogen and oxygen atoms in total. The predicted octanol–water partition coefficient (Wildman–Crippen LogP) is 5.16. The SMILES string of the molecule is CCC(O)COc1c2c(c(OCC(O)CC)c3cc(Cl)ccc13)C1CCC2C1. The number of ether oxygens (including phenoxy) is 2. The summed E-state index contributed by atoms with van der Waals surface area (Å²) in [5.41, 5.74) is 2.48. The van der Waals surface area contributed by atoms with Gasteiger partial charge in [-0.25, -0.2) is 0 Å². The highest BCUT2D eigenvalue weighted by molar-refractivity contribution is 6.31. The van der Waals surface area contributed by atoms with Gasteiger partial charge in [0.2, 0.25) is 0 Å². The molecule has 152 valence electrons. The van der Waals surface area contributed by atoms with E-state index < -0.39 is 12.2 Å². The zero-order valence-corrected chi connectivity index (χ0v) is 17.3. The topological polar surface area (TPSA) is 58.9 Å². The van der Waals surface area contributed by atoms with E-state index in [1.807, 2.05) is 32.0 Å². The summed E-state index contributed by atoms with van der Waals surface area (Å²) >= 11 is 6.33. The largest absolute Gasteiger partial charge is 0.490 e. The number of aliphatic hydroxyl groups excluding tert-OH is 2. The lowest BCUT2D eigenvalue weighted by atomic mass is 9.87. The first kappa shape index (κ1) is 19.8. The zero-order chi connectivity index (χ0) is 19.8. The maximum Gasteiger partial charge on any atom is 0.131 e. The van der Waals surface area contributed by atoms with Crippen molar-refractivity contribution in [1.29, 1.82) is 0 Å². The monoisotopic (exact) mass is 404 g/mol. The summed E-state index contributed by atoms with van der Waals surface area (Å²) in [6.45, 7) is 4.46. The van der Waals surface area contributed by atoms with Gasteiger partial charge in [0.05, 0.1) is 12.2 Å². The molecule has 4 atom stereocenters. The van der Waals surface area contributed by atoms with Crippen molar-refractivity contribution in [2.24, 2.45) is 0 Å². The first-order valence-electron chi connectivity index (χ1n) is 10.4. The highest BCUT2D eigenvalue weighted by atomic mass is 35.5. The van der Waals surface area contributed by atoms with E-state index in [2.05, 4.69) is 0 Å². The molecule has 0 heterocycles. The molecule has 0 amide bonds. The number of hydrogen-bond donors (Lipinski definition) is 2. The van der Waals surface area contributed by atoms with Gasteiger partial charge in [-0.05, 0) is 62.1 Å². The van der Waals surface area contributed by atoms with Crippen LogP contribution in [0.3, 0.4) is 0 Å². The van der Waals surface area contributed by atoms with E-state index >= 15 is 0 Å². The lowest BCUT2D eigenvalue weighted by Crippen LogP contribution is -2.19. The van der Waals surface area contributed by atoms with Crippen molar-refractivity contribution in [1.82, 2.24) is 0 Å². The second-order valence-corrected chi connectivity index (χ2v) is 8.56. The van der Waals surface area contributed by atoms with Crippen LogP contribution in [0.25, 0.3) is 10.8 Å². The van der Waals surface area contributed by atoms with Gasteiger partial charge in [-0.15, -0.1) is 0 Å². The molecule has 0 aromatic heterocycles. The highest BCUT2D eigenvalue weighted by Gasteiger charge is 2.43. The lowest BCUT2D eigenvalue weighted by Gasteiger charge is -2.26. The Kier molecular flexibility index (Phi) is 5.73. The fraction of sp³-hybridized carbons (Fsp3) is 0.565. The minimum Gasteiger partial charge on any atom is -0.490 e. The van der Waals surface area contributed by atoms with Crippen LogP contribution >= 0.6 is 11.6 Å². The van der Waals surface area contributed by atoms with Crippen molar-refractivity contribution in [2.75, 3.05) is 13.2 Å². The average molecular weight is 405 g/mol. The highest BCUT2D eigenvalue weighted by Crippen LogP contribution is 2.61. The fourth-order valence-corrected chi connectivity index (χ4v) is 4.83. The number of fused-ring (bicyclic) bond motifs is 6. The van der Waals surface area contributed by atoms with Crippen molar-refractivity contribution in [3.05, 3.63) is 34.3 Å². The van der Waals surface area contributed by atoms with Gasteiger partial charge in [-0.1, -0.05) is 25.4 Å². The molecule has 1 saturated carbocycles. The average Bonchev–Trinajstić information content (AvgIpc) is 3.32. The Morgan fingerprint density at radius 3 is 2.00 bits per heavy atom. The summed E-state index contributed by atoms with van der Waals surface area (Å²) in [5.74, 6) is 2.68. The van der Waals surface area contributed by atoms with Gasteiger partial charge in [0.25, 0.3) is 0 Å². The molecule has 5 heteroatoms. The molecule has 1 fully saturated rings. The molecule has 2 aliphatic rings. The molecule has 2 bridgehead atoms. The Balaban J connectivity index is 1.86. The Morgan fingerprint density at radius 2 is 1.46 bits per heavy atom. The molecule has 0 aliphatic heterocycles. The first-order chi connectivity index (χ1) is 13.5. The molecule has 0 saturated heterocycles. The van der Waals surface area contributed by atoms with Gasteiger partial charge in [0, 0.05) is 26.9 Å². The minimum absolute atomic E-state index is 0.274. The van der Waals surface area contributed by atoms with Crippen LogP contribution in [-0.4, -0.2) is 35.6 Å². The molecule has 2 aromatic rings. The predicted molar refractivity (Wildman–Crippen MR) is 112 cm³/mol. The number of halogens is 1. The maximum absolute atomic E-state index is 10.0.